The number of hydrogen-bond donors (Lipinski definition) is 0. The van der Waals surface area contributed by atoms with Crippen molar-refractivity contribution in [3.8, 4) is 11.4 Å². The summed E-state index contributed by atoms with van der Waals surface area (Å²) in [6.45, 7) is 29.1. The number of carboxylic acids is 2. The van der Waals surface area contributed by atoms with Gasteiger partial charge in [-0.2, -0.15) is 0 Å². The molecule has 2 rings (SSSR count). The maximum Gasteiger partial charge on any atom is 2.00 e. The molecule has 2 aromatic rings. The molecule has 0 saturated carbocycles. The van der Waals surface area contributed by atoms with Gasteiger partial charge in [0.05, 0.1) is 75.7 Å². The van der Waals surface area contributed by atoms with E-state index in [1.54, 1.807) is 0 Å². The van der Waals surface area contributed by atoms with Crippen molar-refractivity contribution in [3.63, 3.8) is 0 Å². The first-order valence-electron chi connectivity index (χ1n) is 17.1. The van der Waals surface area contributed by atoms with Crippen LogP contribution in [0.5, 0.6) is 0 Å². The van der Waals surface area contributed by atoms with Gasteiger partial charge < -0.3 is 28.8 Å². The molecule has 0 amide bonds. The van der Waals surface area contributed by atoms with Crippen LogP contribution in [-0.4, -0.2) is 83.2 Å². The van der Waals surface area contributed by atoms with E-state index in [2.05, 4.69) is 65.4 Å². The second kappa shape index (κ2) is 25.9. The van der Waals surface area contributed by atoms with Crippen molar-refractivity contribution in [3.05, 3.63) is 47.8 Å². The van der Waals surface area contributed by atoms with Crippen LogP contribution in [0, 0.1) is 0 Å². The molecular weight excluding hydrogens is 653 g/mol. The summed E-state index contributed by atoms with van der Waals surface area (Å²) in [6, 6.07) is 5.08. The van der Waals surface area contributed by atoms with Crippen LogP contribution in [0.1, 0.15) is 127 Å². The molecule has 0 radical (unpaired) electrons. The van der Waals surface area contributed by atoms with Crippen LogP contribution < -0.4 is 10.2 Å². The number of pyridine rings is 2. The van der Waals surface area contributed by atoms with E-state index in [4.69, 9.17) is 0 Å². The van der Waals surface area contributed by atoms with Gasteiger partial charge in [-0.3, -0.25) is 9.97 Å². The van der Waals surface area contributed by atoms with E-state index < -0.39 is 11.9 Å². The summed E-state index contributed by atoms with van der Waals surface area (Å²) in [5, 5.41) is 21.4. The number of aromatic carboxylic acids is 2. The Labute approximate surface area is 287 Å². The molecule has 9 heteroatoms. The van der Waals surface area contributed by atoms with Gasteiger partial charge >= 0.3 is 19.5 Å². The largest absolute Gasteiger partial charge is 2.00 e. The van der Waals surface area contributed by atoms with E-state index in [-0.39, 0.29) is 42.0 Å². The number of hydrogen-bond acceptors (Lipinski definition) is 6. The van der Waals surface area contributed by atoms with Crippen LogP contribution in [0.2, 0.25) is 0 Å². The standard InChI is InChI=1S/C12H8N2O4.2C12H28N.Ru/c15-11(16)7-1-3-13-9(5-7)10-6-8(12(17)18)2-4-14-10;2*1-5-9-10-11-12-13(6-2,7-3)8-4;/h1-6H,(H,15,16)(H,17,18);2*5-12H2,1-4H3;/q;2*+1;+2/p-2. The summed E-state index contributed by atoms with van der Waals surface area (Å²) < 4.78 is 2.65. The third-order valence-electron chi connectivity index (χ3n) is 9.25. The zero-order chi connectivity index (χ0) is 33.4. The molecule has 0 aliphatic rings. The molecule has 0 fully saturated rings. The van der Waals surface area contributed by atoms with Crippen LogP contribution >= 0.6 is 0 Å². The Morgan fingerprint density at radius 3 is 1.11 bits per heavy atom. The third-order valence-corrected chi connectivity index (χ3v) is 9.25. The Morgan fingerprint density at radius 2 is 0.867 bits per heavy atom. The van der Waals surface area contributed by atoms with E-state index in [1.165, 1.54) is 149 Å². The van der Waals surface area contributed by atoms with Crippen LogP contribution in [-0.2, 0) is 19.5 Å². The van der Waals surface area contributed by atoms with E-state index in [1.807, 2.05) is 0 Å². The van der Waals surface area contributed by atoms with Crippen LogP contribution in [0.3, 0.4) is 0 Å². The molecule has 0 aliphatic carbocycles. The summed E-state index contributed by atoms with van der Waals surface area (Å²) in [4.78, 5) is 29.2. The zero-order valence-corrected chi connectivity index (χ0v) is 31.3. The molecule has 0 aromatic carbocycles. The average molecular weight is 716 g/mol. The topological polar surface area (TPSA) is 106 Å². The minimum atomic E-state index is -1.34. The molecule has 0 spiro atoms. The third kappa shape index (κ3) is 17.3. The van der Waals surface area contributed by atoms with Gasteiger partial charge in [-0.05, 0) is 91.5 Å². The molecule has 0 saturated heterocycles. The predicted octanol–water partition coefficient (Wildman–Crippen LogP) is 5.75. The summed E-state index contributed by atoms with van der Waals surface area (Å²) in [5.74, 6) is -2.68. The van der Waals surface area contributed by atoms with E-state index in [0.29, 0.717) is 0 Å². The maximum absolute atomic E-state index is 10.7. The van der Waals surface area contributed by atoms with Gasteiger partial charge in [0.25, 0.3) is 0 Å². The Kier molecular flexibility index (Phi) is 25.9. The fraction of sp³-hybridized carbons (Fsp3) is 0.667. The molecule has 2 aromatic heterocycles. The van der Waals surface area contributed by atoms with Crippen molar-refractivity contribution in [2.24, 2.45) is 0 Å². The number of carboxylic acid groups (broad SMARTS) is 2. The van der Waals surface area contributed by atoms with Crippen molar-refractivity contribution in [2.75, 3.05) is 52.4 Å². The van der Waals surface area contributed by atoms with E-state index in [0.717, 1.165) is 0 Å². The van der Waals surface area contributed by atoms with Crippen molar-refractivity contribution in [1.29, 1.82) is 0 Å². The van der Waals surface area contributed by atoms with Gasteiger partial charge in [0, 0.05) is 23.5 Å². The number of nitrogens with zero attached hydrogens (tertiary/aromatic N) is 4. The van der Waals surface area contributed by atoms with Crippen molar-refractivity contribution in [2.45, 2.75) is 107 Å². The monoisotopic (exact) mass is 716 g/mol. The fourth-order valence-electron chi connectivity index (χ4n) is 5.43. The first kappa shape index (κ1) is 44.9. The second-order valence-corrected chi connectivity index (χ2v) is 11.6. The molecule has 0 bridgehead atoms. The normalized spacial score (nSPS) is 10.9. The summed E-state index contributed by atoms with van der Waals surface area (Å²) in [5.41, 5.74) is 0.390. The number of unbranched alkanes of at least 4 members (excludes halogenated alkanes) is 6. The summed E-state index contributed by atoms with van der Waals surface area (Å²) >= 11 is 0. The summed E-state index contributed by atoms with van der Waals surface area (Å²) in [7, 11) is 0. The van der Waals surface area contributed by atoms with Gasteiger partial charge in [0.1, 0.15) is 0 Å². The molecule has 0 unspecified atom stereocenters. The van der Waals surface area contributed by atoms with E-state index in [9.17, 15) is 19.8 Å². The molecule has 0 atom stereocenters. The molecule has 8 nitrogen and oxygen atoms in total. The SMILES string of the molecule is CCCCCC[N+](CC)(CC)CC.CCCCCC[N+](CC)(CC)CC.O=C([O-])c1ccnc(-c2cc(C(=O)[O-])ccn2)c1.[Ru+2]. The molecule has 0 N–H and O–H groups in total. The quantitative estimate of drug-likeness (QED) is 0.104. The predicted molar refractivity (Wildman–Crippen MR) is 178 cm³/mol. The Hall–Kier alpha value is -2.22. The Bertz CT molecular complexity index is 959. The van der Waals surface area contributed by atoms with E-state index >= 15 is 0 Å². The van der Waals surface area contributed by atoms with Crippen LogP contribution in [0.4, 0.5) is 0 Å². The molecular formula is C36H62N4O4Ru+2. The Morgan fingerprint density at radius 1 is 0.556 bits per heavy atom. The number of aromatic nitrogens is 2. The van der Waals surface area contributed by atoms with Gasteiger partial charge in [0.15, 0.2) is 0 Å². The van der Waals surface area contributed by atoms with Crippen molar-refractivity contribution in [1.82, 2.24) is 9.97 Å². The first-order chi connectivity index (χ1) is 21.1. The average Bonchev–Trinajstić information content (AvgIpc) is 3.06. The molecule has 0 aliphatic heterocycles. The van der Waals surface area contributed by atoms with Gasteiger partial charge in [0.2, 0.25) is 0 Å². The van der Waals surface area contributed by atoms with Gasteiger partial charge in [-0.1, -0.05) is 39.5 Å². The summed E-state index contributed by atoms with van der Waals surface area (Å²) in [6.07, 6.45) is 13.8. The molecule has 45 heavy (non-hydrogen) atoms. The number of quaternary nitrogens is 2. The van der Waals surface area contributed by atoms with Crippen LogP contribution in [0.15, 0.2) is 36.7 Å². The van der Waals surface area contributed by atoms with Crippen molar-refractivity contribution < 1.29 is 48.2 Å². The van der Waals surface area contributed by atoms with Gasteiger partial charge in [-0.25, -0.2) is 0 Å². The number of carbonyl (C=O) groups excluding carboxylic acids is 2. The first-order valence-corrected chi connectivity index (χ1v) is 17.1. The van der Waals surface area contributed by atoms with Crippen molar-refractivity contribution >= 4 is 11.9 Å². The smallest absolute Gasteiger partial charge is 0.545 e. The number of rotatable bonds is 19. The Balaban J connectivity index is 0. The second-order valence-electron chi connectivity index (χ2n) is 11.6. The minimum absolute atomic E-state index is 0. The fourth-order valence-corrected chi connectivity index (χ4v) is 5.43. The maximum atomic E-state index is 10.7. The van der Waals surface area contributed by atoms with Gasteiger partial charge in [-0.15, -0.1) is 0 Å². The number of carbonyl (C=O) groups is 2. The minimum Gasteiger partial charge on any atom is -0.545 e. The van der Waals surface area contributed by atoms with Crippen LogP contribution in [0.25, 0.3) is 11.4 Å². The molecule has 256 valence electrons. The molecule has 2 heterocycles. The zero-order valence-electron chi connectivity index (χ0n) is 29.6.